The highest BCUT2D eigenvalue weighted by Crippen LogP contribution is 2.28. The lowest BCUT2D eigenvalue weighted by Crippen LogP contribution is -2.41. The third kappa shape index (κ3) is 4.83. The molecule has 4 heteroatoms. The smallest absolute Gasteiger partial charge is 0.225 e. The van der Waals surface area contributed by atoms with Gasteiger partial charge in [-0.2, -0.15) is 0 Å². The van der Waals surface area contributed by atoms with E-state index in [9.17, 15) is 9.59 Å². The molecule has 1 saturated carbocycles. The number of likely N-dealkylation sites (tertiary alicyclic amines) is 1. The van der Waals surface area contributed by atoms with E-state index in [1.54, 1.807) is 0 Å². The summed E-state index contributed by atoms with van der Waals surface area (Å²) in [5.74, 6) is 0.0461. The molecule has 1 aliphatic carbocycles. The number of hydrogen-bond donors (Lipinski definition) is 1. The summed E-state index contributed by atoms with van der Waals surface area (Å²) in [5, 5.41) is 3.12. The molecular weight excluding hydrogens is 312 g/mol. The Balaban J connectivity index is 1.45. The molecule has 2 amide bonds. The summed E-state index contributed by atoms with van der Waals surface area (Å²) in [7, 11) is 0. The lowest BCUT2D eigenvalue weighted by molar-refractivity contribution is -0.130. The van der Waals surface area contributed by atoms with Crippen LogP contribution in [0, 0.1) is 5.92 Å². The Bertz CT molecular complexity index is 581. The van der Waals surface area contributed by atoms with Crippen LogP contribution in [0.2, 0.25) is 0 Å². The monoisotopic (exact) mass is 342 g/mol. The number of amides is 2. The number of hydrogen-bond acceptors (Lipinski definition) is 2. The van der Waals surface area contributed by atoms with E-state index < -0.39 is 0 Å². The van der Waals surface area contributed by atoms with Crippen molar-refractivity contribution in [1.82, 2.24) is 10.2 Å². The summed E-state index contributed by atoms with van der Waals surface area (Å²) >= 11 is 0. The van der Waals surface area contributed by atoms with Crippen molar-refractivity contribution in [2.24, 2.45) is 5.92 Å². The molecule has 2 atom stereocenters. The molecule has 3 rings (SSSR count). The lowest BCUT2D eigenvalue weighted by Gasteiger charge is -2.31. The van der Waals surface area contributed by atoms with Crippen molar-refractivity contribution < 1.29 is 9.59 Å². The zero-order valence-corrected chi connectivity index (χ0v) is 15.2. The number of carbonyl (C=O) groups is 2. The molecule has 1 aromatic rings. The molecular formula is C21H30N2O2. The number of carbonyl (C=O) groups excluding carboxylic acids is 2. The van der Waals surface area contributed by atoms with Gasteiger partial charge in [0, 0.05) is 25.0 Å². The van der Waals surface area contributed by atoms with Crippen LogP contribution < -0.4 is 5.32 Å². The fourth-order valence-corrected chi connectivity index (χ4v) is 4.11. The number of aryl methyl sites for hydroxylation is 1. The second kappa shape index (κ2) is 8.50. The van der Waals surface area contributed by atoms with Crippen molar-refractivity contribution >= 4 is 11.8 Å². The number of nitrogens with zero attached hydrogens (tertiary/aromatic N) is 1. The minimum Gasteiger partial charge on any atom is -0.353 e. The van der Waals surface area contributed by atoms with Crippen LogP contribution in [-0.4, -0.2) is 35.3 Å². The first-order chi connectivity index (χ1) is 12.1. The van der Waals surface area contributed by atoms with Gasteiger partial charge in [-0.15, -0.1) is 0 Å². The maximum atomic E-state index is 12.6. The fraction of sp³-hybridized carbons (Fsp3) is 0.619. The average molecular weight is 342 g/mol. The Labute approximate surface area is 151 Å². The SMILES string of the molecule is C[C@H](CCc1ccccc1)NC(=O)[C@H]1CC(=O)N(C2CCCCC2)C1. The Hall–Kier alpha value is -1.84. The summed E-state index contributed by atoms with van der Waals surface area (Å²) in [6.07, 6.45) is 8.17. The molecule has 0 bridgehead atoms. The first-order valence-corrected chi connectivity index (χ1v) is 9.77. The molecule has 4 nitrogen and oxygen atoms in total. The third-order valence-electron chi connectivity index (χ3n) is 5.64. The van der Waals surface area contributed by atoms with Gasteiger partial charge in [-0.1, -0.05) is 49.6 Å². The Morgan fingerprint density at radius 3 is 2.64 bits per heavy atom. The van der Waals surface area contributed by atoms with Crippen LogP contribution in [0.5, 0.6) is 0 Å². The highest BCUT2D eigenvalue weighted by atomic mass is 16.2. The van der Waals surface area contributed by atoms with Gasteiger partial charge in [-0.3, -0.25) is 9.59 Å². The summed E-state index contributed by atoms with van der Waals surface area (Å²) < 4.78 is 0. The summed E-state index contributed by atoms with van der Waals surface area (Å²) in [6, 6.07) is 10.8. The van der Waals surface area contributed by atoms with E-state index >= 15 is 0 Å². The van der Waals surface area contributed by atoms with Crippen LogP contribution in [0.1, 0.15) is 57.4 Å². The van der Waals surface area contributed by atoms with Crippen molar-refractivity contribution in [2.75, 3.05) is 6.54 Å². The third-order valence-corrected chi connectivity index (χ3v) is 5.64. The van der Waals surface area contributed by atoms with Gasteiger partial charge in [-0.05, 0) is 38.2 Å². The van der Waals surface area contributed by atoms with Gasteiger partial charge in [0.2, 0.25) is 11.8 Å². The molecule has 0 radical (unpaired) electrons. The van der Waals surface area contributed by atoms with Crippen LogP contribution in [-0.2, 0) is 16.0 Å². The van der Waals surface area contributed by atoms with Gasteiger partial charge >= 0.3 is 0 Å². The number of rotatable bonds is 6. The molecule has 1 aliphatic heterocycles. The normalized spacial score (nSPS) is 22.8. The zero-order chi connectivity index (χ0) is 17.6. The van der Waals surface area contributed by atoms with Gasteiger partial charge in [0.15, 0.2) is 0 Å². The standard InChI is InChI=1S/C21H30N2O2/c1-16(12-13-17-8-4-2-5-9-17)22-21(25)18-14-20(24)23(15-18)19-10-6-3-7-11-19/h2,4-5,8-9,16,18-19H,3,6-7,10-15H2,1H3,(H,22,25)/t16-,18+/m1/s1. The van der Waals surface area contributed by atoms with Crippen molar-refractivity contribution in [3.8, 4) is 0 Å². The minimum atomic E-state index is -0.173. The Kier molecular flexibility index (Phi) is 6.11. The second-order valence-corrected chi connectivity index (χ2v) is 7.67. The molecule has 1 heterocycles. The van der Waals surface area contributed by atoms with Crippen molar-refractivity contribution in [2.45, 2.75) is 70.4 Å². The van der Waals surface area contributed by atoms with E-state index in [4.69, 9.17) is 0 Å². The number of benzene rings is 1. The van der Waals surface area contributed by atoms with Gasteiger partial charge in [0.05, 0.1) is 5.92 Å². The molecule has 0 unspecified atom stereocenters. The zero-order valence-electron chi connectivity index (χ0n) is 15.2. The van der Waals surface area contributed by atoms with Gasteiger partial charge in [0.25, 0.3) is 0 Å². The van der Waals surface area contributed by atoms with E-state index in [1.165, 1.54) is 24.8 Å². The van der Waals surface area contributed by atoms with Crippen LogP contribution in [0.25, 0.3) is 0 Å². The van der Waals surface area contributed by atoms with Crippen LogP contribution in [0.4, 0.5) is 0 Å². The van der Waals surface area contributed by atoms with Crippen LogP contribution in [0.3, 0.4) is 0 Å². The van der Waals surface area contributed by atoms with Gasteiger partial charge in [0.1, 0.15) is 0 Å². The molecule has 0 spiro atoms. The fourth-order valence-electron chi connectivity index (χ4n) is 4.11. The largest absolute Gasteiger partial charge is 0.353 e. The van der Waals surface area contributed by atoms with Gasteiger partial charge < -0.3 is 10.2 Å². The average Bonchev–Trinajstić information content (AvgIpc) is 3.03. The lowest BCUT2D eigenvalue weighted by atomic mass is 9.94. The first-order valence-electron chi connectivity index (χ1n) is 9.77. The molecule has 1 N–H and O–H groups in total. The molecule has 1 aromatic carbocycles. The molecule has 2 fully saturated rings. The molecule has 1 saturated heterocycles. The summed E-state index contributed by atoms with van der Waals surface area (Å²) in [4.78, 5) is 26.9. The van der Waals surface area contributed by atoms with E-state index in [2.05, 4.69) is 24.4 Å². The van der Waals surface area contributed by atoms with Crippen molar-refractivity contribution in [3.63, 3.8) is 0 Å². The van der Waals surface area contributed by atoms with Crippen molar-refractivity contribution in [3.05, 3.63) is 35.9 Å². The topological polar surface area (TPSA) is 49.4 Å². The minimum absolute atomic E-state index is 0.0484. The van der Waals surface area contributed by atoms with E-state index in [0.29, 0.717) is 19.0 Å². The highest BCUT2D eigenvalue weighted by molar-refractivity contribution is 5.89. The van der Waals surface area contributed by atoms with Crippen LogP contribution >= 0.6 is 0 Å². The predicted octanol–water partition coefficient (Wildman–Crippen LogP) is 3.31. The predicted molar refractivity (Wildman–Crippen MR) is 99.1 cm³/mol. The summed E-state index contributed by atoms with van der Waals surface area (Å²) in [5.41, 5.74) is 1.29. The number of nitrogens with one attached hydrogen (secondary N) is 1. The van der Waals surface area contributed by atoms with Crippen molar-refractivity contribution in [1.29, 1.82) is 0 Å². The van der Waals surface area contributed by atoms with Crippen LogP contribution in [0.15, 0.2) is 30.3 Å². The Morgan fingerprint density at radius 1 is 1.20 bits per heavy atom. The second-order valence-electron chi connectivity index (χ2n) is 7.67. The van der Waals surface area contributed by atoms with Gasteiger partial charge in [-0.25, -0.2) is 0 Å². The van der Waals surface area contributed by atoms with E-state index in [-0.39, 0.29) is 23.8 Å². The molecule has 2 aliphatic rings. The first kappa shape index (κ1) is 18.0. The summed E-state index contributed by atoms with van der Waals surface area (Å²) in [6.45, 7) is 2.66. The van der Waals surface area contributed by atoms with E-state index in [0.717, 1.165) is 25.7 Å². The Morgan fingerprint density at radius 2 is 1.92 bits per heavy atom. The maximum Gasteiger partial charge on any atom is 0.225 e. The maximum absolute atomic E-state index is 12.6. The molecule has 25 heavy (non-hydrogen) atoms. The molecule has 136 valence electrons. The highest BCUT2D eigenvalue weighted by Gasteiger charge is 2.38. The molecule has 0 aromatic heterocycles. The quantitative estimate of drug-likeness (QED) is 0.862. The van der Waals surface area contributed by atoms with E-state index in [1.807, 2.05) is 23.1 Å².